The lowest BCUT2D eigenvalue weighted by Crippen LogP contribution is -2.44. The van der Waals surface area contributed by atoms with E-state index in [9.17, 15) is 9.59 Å². The highest BCUT2D eigenvalue weighted by Gasteiger charge is 2.37. The van der Waals surface area contributed by atoms with Crippen molar-refractivity contribution < 1.29 is 9.59 Å². The maximum Gasteiger partial charge on any atom is 0.290 e. The molecule has 1 amide bonds. The van der Waals surface area contributed by atoms with Crippen molar-refractivity contribution in [3.05, 3.63) is 101 Å². The van der Waals surface area contributed by atoms with E-state index in [0.717, 1.165) is 28.2 Å². The van der Waals surface area contributed by atoms with E-state index < -0.39 is 11.9 Å². The van der Waals surface area contributed by atoms with Gasteiger partial charge < -0.3 is 9.88 Å². The first-order valence-electron chi connectivity index (χ1n) is 11.0. The van der Waals surface area contributed by atoms with Gasteiger partial charge in [0.15, 0.2) is 0 Å². The lowest BCUT2D eigenvalue weighted by molar-refractivity contribution is -0.146. The van der Waals surface area contributed by atoms with E-state index in [1.54, 1.807) is 4.90 Å². The fourth-order valence-electron chi connectivity index (χ4n) is 4.65. The number of Topliss-reactive ketones (excluding diaryl/α,β-unsaturated/α-hetero) is 1. The summed E-state index contributed by atoms with van der Waals surface area (Å²) in [5.41, 5.74) is 5.92. The molecular formula is C27H25N3O2. The lowest BCUT2D eigenvalue weighted by atomic mass is 9.94. The number of carbonyl (C=O) groups excluding carboxylic acids is 2. The van der Waals surface area contributed by atoms with Crippen LogP contribution in [-0.2, 0) is 22.4 Å². The van der Waals surface area contributed by atoms with Crippen LogP contribution < -0.4 is 0 Å². The Morgan fingerprint density at radius 3 is 2.59 bits per heavy atom. The van der Waals surface area contributed by atoms with E-state index in [2.05, 4.69) is 11.1 Å². The molecule has 5 nitrogen and oxygen atoms in total. The van der Waals surface area contributed by atoms with E-state index in [0.29, 0.717) is 19.4 Å². The van der Waals surface area contributed by atoms with Gasteiger partial charge in [-0.3, -0.25) is 14.6 Å². The summed E-state index contributed by atoms with van der Waals surface area (Å²) in [5.74, 6) is -0.787. The van der Waals surface area contributed by atoms with Crippen LogP contribution in [0.1, 0.15) is 40.7 Å². The van der Waals surface area contributed by atoms with Gasteiger partial charge in [-0.2, -0.15) is 0 Å². The number of hydrogen-bond acceptors (Lipinski definition) is 3. The summed E-state index contributed by atoms with van der Waals surface area (Å²) in [7, 11) is 0. The lowest BCUT2D eigenvalue weighted by Gasteiger charge is -2.35. The van der Waals surface area contributed by atoms with Gasteiger partial charge in [0.2, 0.25) is 5.78 Å². The Bertz CT molecular complexity index is 1290. The van der Waals surface area contributed by atoms with Gasteiger partial charge >= 0.3 is 0 Å². The summed E-state index contributed by atoms with van der Waals surface area (Å²) in [6, 6.07) is 23.4. The van der Waals surface area contributed by atoms with Crippen LogP contribution in [0.4, 0.5) is 0 Å². The number of amides is 1. The first-order valence-corrected chi connectivity index (χ1v) is 11.0. The van der Waals surface area contributed by atoms with Crippen LogP contribution >= 0.6 is 0 Å². The second-order valence-corrected chi connectivity index (χ2v) is 8.33. The number of ketones is 1. The van der Waals surface area contributed by atoms with Crippen LogP contribution in [0.15, 0.2) is 72.8 Å². The van der Waals surface area contributed by atoms with Crippen molar-refractivity contribution in [1.82, 2.24) is 14.9 Å². The van der Waals surface area contributed by atoms with Crippen molar-refractivity contribution >= 4 is 22.6 Å². The second-order valence-electron chi connectivity index (χ2n) is 8.33. The molecule has 32 heavy (non-hydrogen) atoms. The molecule has 0 bridgehead atoms. The fraction of sp³-hybridized carbons (Fsp3) is 0.222. The maximum atomic E-state index is 13.3. The van der Waals surface area contributed by atoms with E-state index >= 15 is 0 Å². The molecule has 4 aromatic rings. The first-order chi connectivity index (χ1) is 15.6. The van der Waals surface area contributed by atoms with Gasteiger partial charge in [-0.05, 0) is 49.1 Å². The van der Waals surface area contributed by atoms with Crippen molar-refractivity contribution in [2.45, 2.75) is 32.2 Å². The summed E-state index contributed by atoms with van der Waals surface area (Å²) < 4.78 is 0. The Hall–Kier alpha value is -3.73. The molecule has 160 valence electrons. The Labute approximate surface area is 187 Å². The maximum absolute atomic E-state index is 13.3. The smallest absolute Gasteiger partial charge is 0.290 e. The van der Waals surface area contributed by atoms with Crippen molar-refractivity contribution in [3.8, 4) is 0 Å². The topological polar surface area (TPSA) is 66.1 Å². The summed E-state index contributed by atoms with van der Waals surface area (Å²) >= 11 is 0. The zero-order chi connectivity index (χ0) is 22.1. The van der Waals surface area contributed by atoms with Gasteiger partial charge in [-0.15, -0.1) is 0 Å². The standard InChI is InChI=1S/C27H25N3O2/c1-18-8-7-13-23(28-18)26-25-21(20-11-5-6-12-22(20)29-25)16-17-30(26)27(32)24(31)15-14-19-9-3-2-4-10-19/h2-13,26,29H,14-17H2,1H3. The largest absolute Gasteiger partial charge is 0.356 e. The molecule has 1 atom stereocenters. The number of aromatic amines is 1. The van der Waals surface area contributed by atoms with Gasteiger partial charge in [0.05, 0.1) is 5.69 Å². The summed E-state index contributed by atoms with van der Waals surface area (Å²) in [6.07, 6.45) is 1.47. The van der Waals surface area contributed by atoms with Crippen LogP contribution in [0.2, 0.25) is 0 Å². The summed E-state index contributed by atoms with van der Waals surface area (Å²) in [4.78, 5) is 36.2. The number of H-pyrrole nitrogens is 1. The zero-order valence-corrected chi connectivity index (χ0v) is 18.0. The van der Waals surface area contributed by atoms with Crippen molar-refractivity contribution in [3.63, 3.8) is 0 Å². The predicted molar refractivity (Wildman–Crippen MR) is 124 cm³/mol. The normalized spacial score (nSPS) is 15.5. The molecule has 2 aromatic heterocycles. The van der Waals surface area contributed by atoms with Crippen molar-refractivity contribution in [2.75, 3.05) is 6.54 Å². The third-order valence-corrected chi connectivity index (χ3v) is 6.21. The number of nitrogens with zero attached hydrogens (tertiary/aromatic N) is 2. The number of pyridine rings is 1. The van der Waals surface area contributed by atoms with E-state index in [4.69, 9.17) is 4.98 Å². The molecule has 5 rings (SSSR count). The Morgan fingerprint density at radius 2 is 1.78 bits per heavy atom. The molecule has 0 saturated carbocycles. The highest BCUT2D eigenvalue weighted by molar-refractivity contribution is 6.36. The summed E-state index contributed by atoms with van der Waals surface area (Å²) in [6.45, 7) is 2.43. The van der Waals surface area contributed by atoms with Crippen LogP contribution in [0.5, 0.6) is 0 Å². The minimum atomic E-state index is -0.432. The minimum Gasteiger partial charge on any atom is -0.356 e. The molecule has 0 radical (unpaired) electrons. The third-order valence-electron chi connectivity index (χ3n) is 6.21. The van der Waals surface area contributed by atoms with Crippen LogP contribution in [0.25, 0.3) is 10.9 Å². The zero-order valence-electron chi connectivity index (χ0n) is 18.0. The molecule has 5 heteroatoms. The molecule has 0 aliphatic carbocycles. The van der Waals surface area contributed by atoms with Gasteiger partial charge in [-0.1, -0.05) is 54.6 Å². The van der Waals surface area contributed by atoms with Gasteiger partial charge in [0, 0.05) is 35.3 Å². The van der Waals surface area contributed by atoms with Crippen molar-refractivity contribution in [1.29, 1.82) is 0 Å². The molecule has 0 spiro atoms. The molecule has 0 saturated heterocycles. The number of nitrogens with one attached hydrogen (secondary N) is 1. The number of hydrogen-bond donors (Lipinski definition) is 1. The number of para-hydroxylation sites is 1. The molecule has 0 fully saturated rings. The third kappa shape index (κ3) is 3.71. The van der Waals surface area contributed by atoms with Crippen molar-refractivity contribution in [2.24, 2.45) is 0 Å². The number of fused-ring (bicyclic) bond motifs is 3. The monoisotopic (exact) mass is 423 g/mol. The van der Waals surface area contributed by atoms with Gasteiger partial charge in [0.1, 0.15) is 6.04 Å². The SMILES string of the molecule is Cc1cccc(C2c3[nH]c4ccccc4c3CCN2C(=O)C(=O)CCc2ccccc2)n1. The number of carbonyl (C=O) groups is 2. The molecule has 2 aromatic carbocycles. The van der Waals surface area contributed by atoms with Gasteiger partial charge in [-0.25, -0.2) is 0 Å². The molecule has 1 aliphatic rings. The van der Waals surface area contributed by atoms with E-state index in [1.807, 2.05) is 73.7 Å². The van der Waals surface area contributed by atoms with E-state index in [-0.39, 0.29) is 12.2 Å². The molecule has 1 unspecified atom stereocenters. The van der Waals surface area contributed by atoms with E-state index in [1.165, 1.54) is 10.9 Å². The second kappa shape index (κ2) is 8.42. The molecule has 1 aliphatic heterocycles. The number of aryl methyl sites for hydroxylation is 2. The minimum absolute atomic E-state index is 0.201. The fourth-order valence-corrected chi connectivity index (χ4v) is 4.65. The number of benzene rings is 2. The Kier molecular flexibility index (Phi) is 5.31. The van der Waals surface area contributed by atoms with Crippen LogP contribution in [0.3, 0.4) is 0 Å². The number of aromatic nitrogens is 2. The Morgan fingerprint density at radius 1 is 1.00 bits per heavy atom. The van der Waals surface area contributed by atoms with Gasteiger partial charge in [0.25, 0.3) is 5.91 Å². The average molecular weight is 424 g/mol. The average Bonchev–Trinajstić information content (AvgIpc) is 3.21. The molecular weight excluding hydrogens is 398 g/mol. The van der Waals surface area contributed by atoms with Crippen LogP contribution in [-0.4, -0.2) is 33.1 Å². The number of rotatable bonds is 5. The highest BCUT2D eigenvalue weighted by atomic mass is 16.2. The quantitative estimate of drug-likeness (QED) is 0.479. The molecule has 1 N–H and O–H groups in total. The summed E-state index contributed by atoms with van der Waals surface area (Å²) in [5, 5.41) is 1.17. The first kappa shape index (κ1) is 20.2. The molecule has 3 heterocycles. The Balaban J connectivity index is 1.49. The highest BCUT2D eigenvalue weighted by Crippen LogP contribution is 2.38. The van der Waals surface area contributed by atoms with Crippen LogP contribution in [0, 0.1) is 6.92 Å². The predicted octanol–water partition coefficient (Wildman–Crippen LogP) is 4.55.